The van der Waals surface area contributed by atoms with Crippen LogP contribution in [0, 0.1) is 17.0 Å². The number of hydrogen-bond donors (Lipinski definition) is 1. The van der Waals surface area contributed by atoms with Crippen molar-refractivity contribution in [2.24, 2.45) is 0 Å². The van der Waals surface area contributed by atoms with Gasteiger partial charge in [0.05, 0.1) is 17.2 Å². The van der Waals surface area contributed by atoms with Gasteiger partial charge >= 0.3 is 0 Å². The Balaban J connectivity index is 1.51. The number of amides is 1. The molecule has 1 aliphatic heterocycles. The van der Waals surface area contributed by atoms with Gasteiger partial charge in [0.1, 0.15) is 5.75 Å². The van der Waals surface area contributed by atoms with Crippen LogP contribution in [0.2, 0.25) is 0 Å². The van der Waals surface area contributed by atoms with Crippen molar-refractivity contribution in [3.05, 3.63) is 68.6 Å². The van der Waals surface area contributed by atoms with Crippen molar-refractivity contribution < 1.29 is 14.5 Å². The largest absolute Gasteiger partial charge is 0.493 e. The maximum Gasteiger partial charge on any atom is 0.272 e. The van der Waals surface area contributed by atoms with E-state index in [4.69, 9.17) is 4.74 Å². The third kappa shape index (κ3) is 3.39. The summed E-state index contributed by atoms with van der Waals surface area (Å²) in [7, 11) is 0. The number of hydrogen-bond acceptors (Lipinski definition) is 6. The van der Waals surface area contributed by atoms with Gasteiger partial charge in [0.15, 0.2) is 5.13 Å². The van der Waals surface area contributed by atoms with E-state index >= 15 is 0 Å². The smallest absolute Gasteiger partial charge is 0.272 e. The lowest BCUT2D eigenvalue weighted by Gasteiger charge is -2.04. The van der Waals surface area contributed by atoms with E-state index in [-0.39, 0.29) is 11.6 Å². The van der Waals surface area contributed by atoms with E-state index in [1.54, 1.807) is 6.92 Å². The number of anilines is 1. The lowest BCUT2D eigenvalue weighted by Crippen LogP contribution is -2.12. The zero-order chi connectivity index (χ0) is 19.0. The van der Waals surface area contributed by atoms with Gasteiger partial charge in [-0.2, -0.15) is 0 Å². The number of ether oxygens (including phenoxy) is 1. The van der Waals surface area contributed by atoms with Crippen molar-refractivity contribution in [1.82, 2.24) is 4.98 Å². The Labute approximate surface area is 158 Å². The lowest BCUT2D eigenvalue weighted by atomic mass is 10.1. The number of rotatable bonds is 4. The number of nitro groups is 1. The van der Waals surface area contributed by atoms with Crippen LogP contribution >= 0.6 is 11.3 Å². The second-order valence-electron chi connectivity index (χ2n) is 6.17. The standard InChI is InChI=1S/C19H15N3O4S/c1-11-8-14(2-4-16(11)22(24)25)18(23)21-19-20-15(10-27-19)12-3-5-17-13(9-12)6-7-26-17/h2-5,8-10H,6-7H2,1H3,(H,20,21,23). The number of nitrogens with zero attached hydrogens (tertiary/aromatic N) is 2. The molecule has 27 heavy (non-hydrogen) atoms. The third-order valence-electron chi connectivity index (χ3n) is 4.37. The maximum atomic E-state index is 12.4. The molecule has 1 aromatic heterocycles. The minimum Gasteiger partial charge on any atom is -0.493 e. The van der Waals surface area contributed by atoms with Crippen LogP contribution in [0.25, 0.3) is 11.3 Å². The van der Waals surface area contributed by atoms with Crippen molar-refractivity contribution in [1.29, 1.82) is 0 Å². The maximum absolute atomic E-state index is 12.4. The minimum atomic E-state index is -0.466. The summed E-state index contributed by atoms with van der Waals surface area (Å²) in [6.07, 6.45) is 0.885. The number of aryl methyl sites for hydroxylation is 1. The van der Waals surface area contributed by atoms with Crippen LogP contribution in [-0.2, 0) is 6.42 Å². The molecular formula is C19H15N3O4S. The summed E-state index contributed by atoms with van der Waals surface area (Å²) >= 11 is 1.33. The molecule has 4 rings (SSSR count). The summed E-state index contributed by atoms with van der Waals surface area (Å²) in [5, 5.41) is 16.0. The predicted octanol–water partition coefficient (Wildman–Crippen LogP) is 4.21. The van der Waals surface area contributed by atoms with E-state index in [1.807, 2.05) is 17.5 Å². The van der Waals surface area contributed by atoms with Crippen LogP contribution in [0.4, 0.5) is 10.8 Å². The first kappa shape index (κ1) is 17.2. The zero-order valence-electron chi connectivity index (χ0n) is 14.4. The normalized spacial score (nSPS) is 12.3. The zero-order valence-corrected chi connectivity index (χ0v) is 15.2. The molecular weight excluding hydrogens is 366 g/mol. The third-order valence-corrected chi connectivity index (χ3v) is 5.12. The fourth-order valence-corrected chi connectivity index (χ4v) is 3.70. The van der Waals surface area contributed by atoms with Gasteiger partial charge in [-0.25, -0.2) is 4.98 Å². The molecule has 0 saturated heterocycles. The Morgan fingerprint density at radius 2 is 2.15 bits per heavy atom. The molecule has 0 spiro atoms. The average Bonchev–Trinajstić information content (AvgIpc) is 3.29. The molecule has 0 bridgehead atoms. The molecule has 1 aliphatic rings. The van der Waals surface area contributed by atoms with E-state index in [0.717, 1.165) is 29.0 Å². The van der Waals surface area contributed by atoms with Gasteiger partial charge in [-0.05, 0) is 42.8 Å². The molecule has 0 radical (unpaired) electrons. The van der Waals surface area contributed by atoms with Crippen molar-refractivity contribution in [3.63, 3.8) is 0 Å². The highest BCUT2D eigenvalue weighted by atomic mass is 32.1. The summed E-state index contributed by atoms with van der Waals surface area (Å²) in [5.41, 5.74) is 3.69. The number of carbonyl (C=O) groups excluding carboxylic acids is 1. The highest BCUT2D eigenvalue weighted by molar-refractivity contribution is 7.14. The molecule has 2 aromatic carbocycles. The molecule has 2 heterocycles. The van der Waals surface area contributed by atoms with Crippen molar-refractivity contribution in [2.75, 3.05) is 11.9 Å². The van der Waals surface area contributed by atoms with E-state index in [9.17, 15) is 14.9 Å². The summed E-state index contributed by atoms with van der Waals surface area (Å²) in [5.74, 6) is 0.562. The lowest BCUT2D eigenvalue weighted by molar-refractivity contribution is -0.385. The predicted molar refractivity (Wildman–Crippen MR) is 103 cm³/mol. The van der Waals surface area contributed by atoms with Crippen molar-refractivity contribution >= 4 is 28.1 Å². The molecule has 0 saturated carbocycles. The number of thiazole rings is 1. The van der Waals surface area contributed by atoms with Crippen LogP contribution in [0.5, 0.6) is 5.75 Å². The number of carbonyl (C=O) groups is 1. The SMILES string of the molecule is Cc1cc(C(=O)Nc2nc(-c3ccc4c(c3)CCO4)cs2)ccc1[N+](=O)[O-]. The van der Waals surface area contributed by atoms with Gasteiger partial charge in [0.2, 0.25) is 0 Å². The molecule has 1 amide bonds. The van der Waals surface area contributed by atoms with Crippen LogP contribution in [0.15, 0.2) is 41.8 Å². The van der Waals surface area contributed by atoms with Gasteiger partial charge in [-0.15, -0.1) is 11.3 Å². The van der Waals surface area contributed by atoms with E-state index in [1.165, 1.54) is 29.5 Å². The molecule has 3 aromatic rings. The van der Waals surface area contributed by atoms with Crippen LogP contribution in [0.3, 0.4) is 0 Å². The first-order valence-corrected chi connectivity index (χ1v) is 9.17. The Bertz CT molecular complexity index is 1060. The molecule has 0 atom stereocenters. The topological polar surface area (TPSA) is 94.4 Å². The molecule has 0 fully saturated rings. The molecule has 136 valence electrons. The number of benzene rings is 2. The second kappa shape index (κ2) is 6.81. The van der Waals surface area contributed by atoms with Gasteiger partial charge < -0.3 is 4.74 Å². The number of nitrogens with one attached hydrogen (secondary N) is 1. The minimum absolute atomic E-state index is 0.0105. The Morgan fingerprint density at radius 1 is 1.30 bits per heavy atom. The first-order valence-electron chi connectivity index (χ1n) is 8.29. The highest BCUT2D eigenvalue weighted by Crippen LogP contribution is 2.32. The highest BCUT2D eigenvalue weighted by Gasteiger charge is 2.16. The van der Waals surface area contributed by atoms with Crippen molar-refractivity contribution in [2.45, 2.75) is 13.3 Å². The van der Waals surface area contributed by atoms with Crippen LogP contribution < -0.4 is 10.1 Å². The average molecular weight is 381 g/mol. The molecule has 8 heteroatoms. The van der Waals surface area contributed by atoms with Crippen LogP contribution in [-0.4, -0.2) is 22.4 Å². The summed E-state index contributed by atoms with van der Waals surface area (Å²) in [6.45, 7) is 2.31. The Hall–Kier alpha value is -3.26. The quantitative estimate of drug-likeness (QED) is 0.539. The Morgan fingerprint density at radius 3 is 2.93 bits per heavy atom. The first-order chi connectivity index (χ1) is 13.0. The number of fused-ring (bicyclic) bond motifs is 1. The van der Waals surface area contributed by atoms with E-state index in [0.29, 0.717) is 22.9 Å². The summed E-state index contributed by atoms with van der Waals surface area (Å²) in [6, 6.07) is 10.2. The Kier molecular flexibility index (Phi) is 4.33. The summed E-state index contributed by atoms with van der Waals surface area (Å²) in [4.78, 5) is 27.3. The van der Waals surface area contributed by atoms with E-state index < -0.39 is 4.92 Å². The monoisotopic (exact) mass is 381 g/mol. The fraction of sp³-hybridized carbons (Fsp3) is 0.158. The second-order valence-corrected chi connectivity index (χ2v) is 7.03. The van der Waals surface area contributed by atoms with Gasteiger partial charge in [0.25, 0.3) is 11.6 Å². The molecule has 0 aliphatic carbocycles. The number of aromatic nitrogens is 1. The van der Waals surface area contributed by atoms with Gasteiger partial charge in [0, 0.05) is 34.6 Å². The molecule has 0 unspecified atom stereocenters. The summed E-state index contributed by atoms with van der Waals surface area (Å²) < 4.78 is 5.51. The molecule has 7 nitrogen and oxygen atoms in total. The van der Waals surface area contributed by atoms with Crippen molar-refractivity contribution in [3.8, 4) is 17.0 Å². The van der Waals surface area contributed by atoms with Crippen LogP contribution in [0.1, 0.15) is 21.5 Å². The fourth-order valence-electron chi connectivity index (χ4n) is 2.98. The van der Waals surface area contributed by atoms with E-state index in [2.05, 4.69) is 16.4 Å². The van der Waals surface area contributed by atoms with Gasteiger partial charge in [-0.1, -0.05) is 0 Å². The van der Waals surface area contributed by atoms with Gasteiger partial charge in [-0.3, -0.25) is 20.2 Å². The molecule has 1 N–H and O–H groups in total. The number of nitro benzene ring substituents is 1.